The Morgan fingerprint density at radius 3 is 2.33 bits per heavy atom. The van der Waals surface area contributed by atoms with E-state index in [-0.39, 0.29) is 5.78 Å². The first kappa shape index (κ1) is 14.5. The zero-order valence-corrected chi connectivity index (χ0v) is 11.4. The Bertz CT molecular complexity index is 386. The van der Waals surface area contributed by atoms with Gasteiger partial charge in [0, 0.05) is 6.42 Å². The topological polar surface area (TPSA) is 79.2 Å². The summed E-state index contributed by atoms with van der Waals surface area (Å²) in [5.74, 6) is 0.0325. The van der Waals surface area contributed by atoms with Crippen LogP contribution in [0.4, 0.5) is 4.79 Å². The number of amides is 1. The molecule has 0 aromatic heterocycles. The molecule has 18 heavy (non-hydrogen) atoms. The van der Waals surface area contributed by atoms with Gasteiger partial charge in [-0.25, -0.2) is 4.79 Å². The predicted molar refractivity (Wildman–Crippen MR) is 65.7 cm³/mol. The van der Waals surface area contributed by atoms with Gasteiger partial charge in [0.1, 0.15) is 17.4 Å². The summed E-state index contributed by atoms with van der Waals surface area (Å²) in [5.41, 5.74) is -1.30. The van der Waals surface area contributed by atoms with E-state index in [4.69, 9.17) is 10.00 Å². The lowest BCUT2D eigenvalue weighted by Crippen LogP contribution is -2.45. The third-order valence-electron chi connectivity index (χ3n) is 3.01. The Kier molecular flexibility index (Phi) is 4.00. The number of hydrogen-bond donors (Lipinski definition) is 1. The van der Waals surface area contributed by atoms with Crippen molar-refractivity contribution in [2.24, 2.45) is 5.41 Å². The summed E-state index contributed by atoms with van der Waals surface area (Å²) in [5, 5.41) is 11.6. The Labute approximate surface area is 107 Å². The van der Waals surface area contributed by atoms with Gasteiger partial charge in [-0.15, -0.1) is 0 Å². The van der Waals surface area contributed by atoms with Crippen molar-refractivity contribution in [2.45, 2.75) is 58.6 Å². The number of alkyl carbamates (subject to hydrolysis) is 1. The molecule has 0 bridgehead atoms. The molecule has 1 unspecified atom stereocenters. The molecule has 0 aromatic carbocycles. The van der Waals surface area contributed by atoms with E-state index in [2.05, 4.69) is 5.32 Å². The van der Waals surface area contributed by atoms with Gasteiger partial charge in [0.25, 0.3) is 0 Å². The van der Waals surface area contributed by atoms with Crippen molar-refractivity contribution in [1.29, 1.82) is 5.26 Å². The van der Waals surface area contributed by atoms with E-state index in [0.29, 0.717) is 19.3 Å². The molecular weight excluding hydrogens is 232 g/mol. The molecule has 1 fully saturated rings. The van der Waals surface area contributed by atoms with Crippen LogP contribution in [-0.2, 0) is 9.53 Å². The highest BCUT2D eigenvalue weighted by Crippen LogP contribution is 2.50. The summed E-state index contributed by atoms with van der Waals surface area (Å²) in [6, 6.07) is 1.21. The summed E-state index contributed by atoms with van der Waals surface area (Å²) >= 11 is 0. The second-order valence-electron chi connectivity index (χ2n) is 5.64. The maximum absolute atomic E-state index is 11.8. The lowest BCUT2D eigenvalue weighted by atomic mass is 9.91. The second-order valence-corrected chi connectivity index (χ2v) is 5.64. The third kappa shape index (κ3) is 3.22. The molecule has 1 atom stereocenters. The molecule has 1 N–H and O–H groups in total. The van der Waals surface area contributed by atoms with Gasteiger partial charge in [-0.3, -0.25) is 4.79 Å². The summed E-state index contributed by atoms with van der Waals surface area (Å²) in [7, 11) is 0. The van der Waals surface area contributed by atoms with Gasteiger partial charge in [-0.2, -0.15) is 5.26 Å². The number of Topliss-reactive ketones (excluding diaryl/α,β-unsaturated/α-hetero) is 1. The minimum Gasteiger partial charge on any atom is -0.444 e. The normalized spacial score (nSPS) is 18.4. The van der Waals surface area contributed by atoms with E-state index in [9.17, 15) is 9.59 Å². The highest BCUT2D eigenvalue weighted by Gasteiger charge is 2.55. The molecule has 5 nitrogen and oxygen atoms in total. The maximum atomic E-state index is 11.8. The van der Waals surface area contributed by atoms with Crippen LogP contribution in [0.25, 0.3) is 0 Å². The number of nitriles is 1. The average Bonchev–Trinajstić information content (AvgIpc) is 3.03. The molecule has 1 amide bonds. The van der Waals surface area contributed by atoms with E-state index in [1.807, 2.05) is 6.07 Å². The zero-order chi connectivity index (χ0) is 14.0. The predicted octanol–water partition coefficient (Wildman–Crippen LogP) is 2.16. The molecule has 100 valence electrons. The molecule has 1 aliphatic rings. The largest absolute Gasteiger partial charge is 0.444 e. The number of hydrogen-bond acceptors (Lipinski definition) is 4. The Hall–Kier alpha value is -1.57. The fourth-order valence-corrected chi connectivity index (χ4v) is 1.93. The van der Waals surface area contributed by atoms with Gasteiger partial charge in [0.15, 0.2) is 0 Å². The van der Waals surface area contributed by atoms with Gasteiger partial charge in [-0.05, 0) is 33.6 Å². The van der Waals surface area contributed by atoms with Crippen molar-refractivity contribution in [3.63, 3.8) is 0 Å². The number of ketones is 1. The molecule has 1 saturated carbocycles. The monoisotopic (exact) mass is 252 g/mol. The standard InChI is InChI=1S/C13H20N2O3/c1-5-10(16)13(6-7-13)9(8-14)15-11(17)18-12(2,3)4/h9H,5-7H2,1-4H3,(H,15,17). The number of ether oxygens (including phenoxy) is 1. The first-order valence-electron chi connectivity index (χ1n) is 6.17. The SMILES string of the molecule is CCC(=O)C1(C(C#N)NC(=O)OC(C)(C)C)CC1. The fourth-order valence-electron chi connectivity index (χ4n) is 1.93. The van der Waals surface area contributed by atoms with Crippen molar-refractivity contribution in [1.82, 2.24) is 5.32 Å². The summed E-state index contributed by atoms with van der Waals surface area (Å²) < 4.78 is 5.09. The molecule has 0 radical (unpaired) electrons. The number of carbonyl (C=O) groups excluding carboxylic acids is 2. The number of nitrogens with one attached hydrogen (secondary N) is 1. The minimum atomic E-state index is -0.792. The van der Waals surface area contributed by atoms with Gasteiger partial charge in [0.2, 0.25) is 0 Å². The number of nitrogens with zero attached hydrogens (tertiary/aromatic N) is 1. The van der Waals surface area contributed by atoms with Crippen LogP contribution in [0.3, 0.4) is 0 Å². The van der Waals surface area contributed by atoms with Crippen LogP contribution in [-0.4, -0.2) is 23.5 Å². The highest BCUT2D eigenvalue weighted by atomic mass is 16.6. The molecule has 0 heterocycles. The van der Waals surface area contributed by atoms with Gasteiger partial charge < -0.3 is 10.1 Å². The Morgan fingerprint density at radius 2 is 2.00 bits per heavy atom. The fraction of sp³-hybridized carbons (Fsp3) is 0.769. The first-order valence-corrected chi connectivity index (χ1v) is 6.17. The van der Waals surface area contributed by atoms with Crippen molar-refractivity contribution in [3.05, 3.63) is 0 Å². The zero-order valence-electron chi connectivity index (χ0n) is 11.4. The number of rotatable bonds is 4. The van der Waals surface area contributed by atoms with Crippen LogP contribution in [0.5, 0.6) is 0 Å². The maximum Gasteiger partial charge on any atom is 0.408 e. The second kappa shape index (κ2) is 4.97. The van der Waals surface area contributed by atoms with Crippen LogP contribution in [0.1, 0.15) is 47.0 Å². The van der Waals surface area contributed by atoms with E-state index < -0.39 is 23.2 Å². The third-order valence-corrected chi connectivity index (χ3v) is 3.01. The van der Waals surface area contributed by atoms with Gasteiger partial charge >= 0.3 is 6.09 Å². The number of carbonyl (C=O) groups is 2. The first-order chi connectivity index (χ1) is 8.25. The lowest BCUT2D eigenvalue weighted by molar-refractivity contribution is -0.124. The molecule has 1 aliphatic carbocycles. The van der Waals surface area contributed by atoms with E-state index in [1.54, 1.807) is 27.7 Å². The molecular formula is C13H20N2O3. The summed E-state index contributed by atoms with van der Waals surface area (Å²) in [6.45, 7) is 7.01. The van der Waals surface area contributed by atoms with Crippen molar-refractivity contribution < 1.29 is 14.3 Å². The molecule has 1 rings (SSSR count). The van der Waals surface area contributed by atoms with Gasteiger partial charge in [-0.1, -0.05) is 6.92 Å². The van der Waals surface area contributed by atoms with Crippen LogP contribution in [0.15, 0.2) is 0 Å². The van der Waals surface area contributed by atoms with Crippen LogP contribution in [0, 0.1) is 16.7 Å². The molecule has 0 spiro atoms. The minimum absolute atomic E-state index is 0.0325. The summed E-state index contributed by atoms with van der Waals surface area (Å²) in [6.07, 6.45) is 1.06. The highest BCUT2D eigenvalue weighted by molar-refractivity contribution is 5.89. The van der Waals surface area contributed by atoms with Crippen LogP contribution < -0.4 is 5.32 Å². The van der Waals surface area contributed by atoms with Crippen molar-refractivity contribution in [3.8, 4) is 6.07 Å². The van der Waals surface area contributed by atoms with E-state index >= 15 is 0 Å². The van der Waals surface area contributed by atoms with Crippen LogP contribution >= 0.6 is 0 Å². The Balaban J connectivity index is 2.67. The molecule has 5 heteroatoms. The van der Waals surface area contributed by atoms with Crippen molar-refractivity contribution in [2.75, 3.05) is 0 Å². The van der Waals surface area contributed by atoms with Crippen LogP contribution in [0.2, 0.25) is 0 Å². The smallest absolute Gasteiger partial charge is 0.408 e. The summed E-state index contributed by atoms with van der Waals surface area (Å²) in [4.78, 5) is 23.4. The van der Waals surface area contributed by atoms with E-state index in [0.717, 1.165) is 0 Å². The molecule has 0 aromatic rings. The van der Waals surface area contributed by atoms with E-state index in [1.165, 1.54) is 0 Å². The van der Waals surface area contributed by atoms with Gasteiger partial charge in [0.05, 0.1) is 11.5 Å². The van der Waals surface area contributed by atoms with Crippen molar-refractivity contribution >= 4 is 11.9 Å². The molecule has 0 aliphatic heterocycles. The Morgan fingerprint density at radius 1 is 1.44 bits per heavy atom. The lowest BCUT2D eigenvalue weighted by Gasteiger charge is -2.24. The average molecular weight is 252 g/mol. The molecule has 0 saturated heterocycles. The quantitative estimate of drug-likeness (QED) is 0.831.